The maximum Gasteiger partial charge on any atom is 0.166 e. The highest BCUT2D eigenvalue weighted by atomic mass is 16.5. The summed E-state index contributed by atoms with van der Waals surface area (Å²) in [7, 11) is 0. The number of ketones is 1. The van der Waals surface area contributed by atoms with E-state index in [1.54, 1.807) is 0 Å². The average Bonchev–Trinajstić information content (AvgIpc) is 2.14. The molecule has 1 heterocycles. The monoisotopic (exact) mass is 176 g/mol. The number of carbonyl (C=O) groups is 1. The van der Waals surface area contributed by atoms with Crippen LogP contribution >= 0.6 is 0 Å². The maximum atomic E-state index is 11.6. The minimum absolute atomic E-state index is 0.204. The molecule has 0 saturated heterocycles. The van der Waals surface area contributed by atoms with Gasteiger partial charge in [-0.2, -0.15) is 0 Å². The summed E-state index contributed by atoms with van der Waals surface area (Å²) >= 11 is 0. The molecule has 0 bridgehead atoms. The number of hydrogen-bond acceptors (Lipinski definition) is 2. The van der Waals surface area contributed by atoms with Gasteiger partial charge in [0.1, 0.15) is 5.75 Å². The Kier molecular flexibility index (Phi) is 2.30. The molecular weight excluding hydrogens is 164 g/mol. The number of hydrogen-bond donors (Lipinski definition) is 0. The van der Waals surface area contributed by atoms with E-state index < -0.39 is 0 Å². The first-order valence-corrected chi connectivity index (χ1v) is 4.63. The Labute approximate surface area is 77.5 Å². The third-order valence-electron chi connectivity index (χ3n) is 2.24. The number of ether oxygens (including phenoxy) is 1. The fourth-order valence-corrected chi connectivity index (χ4v) is 1.53. The van der Waals surface area contributed by atoms with Crippen LogP contribution in [0, 0.1) is 0 Å². The number of benzene rings is 1. The van der Waals surface area contributed by atoms with Crippen molar-refractivity contribution in [3.05, 3.63) is 29.8 Å². The number of fused-ring (bicyclic) bond motifs is 1. The van der Waals surface area contributed by atoms with Crippen molar-refractivity contribution in [2.24, 2.45) is 0 Å². The van der Waals surface area contributed by atoms with Crippen molar-refractivity contribution in [3.63, 3.8) is 0 Å². The summed E-state index contributed by atoms with van der Waals surface area (Å²) in [5.74, 6) is 0.947. The van der Waals surface area contributed by atoms with Gasteiger partial charge in [-0.25, -0.2) is 0 Å². The van der Waals surface area contributed by atoms with E-state index in [4.69, 9.17) is 4.74 Å². The van der Waals surface area contributed by atoms with Crippen LogP contribution in [-0.4, -0.2) is 12.4 Å². The van der Waals surface area contributed by atoms with Gasteiger partial charge < -0.3 is 4.74 Å². The van der Waals surface area contributed by atoms with Crippen LogP contribution in [0.25, 0.3) is 0 Å². The van der Waals surface area contributed by atoms with E-state index in [1.165, 1.54) is 0 Å². The van der Waals surface area contributed by atoms with E-state index in [0.717, 1.165) is 30.8 Å². The van der Waals surface area contributed by atoms with Crippen LogP contribution in [0.1, 0.15) is 29.6 Å². The molecular formula is C11H12O2. The Morgan fingerprint density at radius 2 is 2.00 bits per heavy atom. The molecule has 2 heteroatoms. The van der Waals surface area contributed by atoms with Gasteiger partial charge in [0.25, 0.3) is 0 Å². The van der Waals surface area contributed by atoms with Crippen LogP contribution in [0.2, 0.25) is 0 Å². The molecule has 2 nitrogen and oxygen atoms in total. The van der Waals surface area contributed by atoms with Crippen LogP contribution in [0.5, 0.6) is 5.75 Å². The lowest BCUT2D eigenvalue weighted by atomic mass is 10.0. The largest absolute Gasteiger partial charge is 0.493 e. The number of carbonyl (C=O) groups excluding carboxylic acids is 1. The van der Waals surface area contributed by atoms with Crippen molar-refractivity contribution in [1.29, 1.82) is 0 Å². The molecule has 13 heavy (non-hydrogen) atoms. The minimum Gasteiger partial charge on any atom is -0.493 e. The molecule has 0 saturated carbocycles. The SMILES string of the molecule is O=C1CCCCOc2ccccc21. The van der Waals surface area contributed by atoms with Gasteiger partial charge in [-0.1, -0.05) is 12.1 Å². The second-order valence-corrected chi connectivity index (χ2v) is 3.22. The molecule has 0 spiro atoms. The van der Waals surface area contributed by atoms with E-state index in [2.05, 4.69) is 0 Å². The van der Waals surface area contributed by atoms with Gasteiger partial charge in [0.05, 0.1) is 12.2 Å². The Hall–Kier alpha value is -1.31. The molecule has 0 aromatic heterocycles. The van der Waals surface area contributed by atoms with Crippen LogP contribution in [0.15, 0.2) is 24.3 Å². The fraction of sp³-hybridized carbons (Fsp3) is 0.364. The smallest absolute Gasteiger partial charge is 0.166 e. The molecule has 0 amide bonds. The summed E-state index contributed by atoms with van der Waals surface area (Å²) in [6.45, 7) is 0.726. The standard InChI is InChI=1S/C11H12O2/c12-10-6-3-4-8-13-11-7-2-1-5-9(10)11/h1-2,5,7H,3-4,6,8H2. The lowest BCUT2D eigenvalue weighted by Crippen LogP contribution is -2.09. The van der Waals surface area contributed by atoms with E-state index in [0.29, 0.717) is 6.42 Å². The highest BCUT2D eigenvalue weighted by Crippen LogP contribution is 2.22. The molecule has 1 aromatic rings. The van der Waals surface area contributed by atoms with Gasteiger partial charge >= 0.3 is 0 Å². The quantitative estimate of drug-likeness (QED) is 0.606. The lowest BCUT2D eigenvalue weighted by molar-refractivity contribution is 0.0966. The Balaban J connectivity index is 2.37. The third kappa shape index (κ3) is 1.72. The third-order valence-corrected chi connectivity index (χ3v) is 2.24. The molecule has 1 aliphatic rings. The van der Waals surface area contributed by atoms with Gasteiger partial charge in [0.2, 0.25) is 0 Å². The fourth-order valence-electron chi connectivity index (χ4n) is 1.53. The predicted molar refractivity (Wildman–Crippen MR) is 50.1 cm³/mol. The normalized spacial score (nSPS) is 16.8. The van der Waals surface area contributed by atoms with Gasteiger partial charge in [-0.05, 0) is 25.0 Å². The van der Waals surface area contributed by atoms with Crippen LogP contribution in [0.3, 0.4) is 0 Å². The van der Waals surface area contributed by atoms with Gasteiger partial charge in [-0.15, -0.1) is 0 Å². The summed E-state index contributed by atoms with van der Waals surface area (Å²) < 4.78 is 5.48. The van der Waals surface area contributed by atoms with E-state index >= 15 is 0 Å². The molecule has 0 fully saturated rings. The zero-order valence-corrected chi connectivity index (χ0v) is 7.45. The molecule has 1 aliphatic heterocycles. The van der Waals surface area contributed by atoms with Crippen molar-refractivity contribution in [1.82, 2.24) is 0 Å². The average molecular weight is 176 g/mol. The molecule has 0 radical (unpaired) electrons. The topological polar surface area (TPSA) is 26.3 Å². The second-order valence-electron chi connectivity index (χ2n) is 3.22. The van der Waals surface area contributed by atoms with Crippen molar-refractivity contribution in [2.75, 3.05) is 6.61 Å². The summed E-state index contributed by atoms with van der Waals surface area (Å²) in [6, 6.07) is 7.47. The van der Waals surface area contributed by atoms with Crippen LogP contribution in [0.4, 0.5) is 0 Å². The van der Waals surface area contributed by atoms with Gasteiger partial charge in [-0.3, -0.25) is 4.79 Å². The Morgan fingerprint density at radius 3 is 2.92 bits per heavy atom. The number of rotatable bonds is 0. The van der Waals surface area contributed by atoms with E-state index in [-0.39, 0.29) is 5.78 Å². The molecule has 1 aromatic carbocycles. The molecule has 68 valence electrons. The van der Waals surface area contributed by atoms with Crippen molar-refractivity contribution in [2.45, 2.75) is 19.3 Å². The summed E-state index contributed by atoms with van der Waals surface area (Å²) in [5.41, 5.74) is 0.738. The Bertz CT molecular complexity index is 318. The molecule has 2 rings (SSSR count). The minimum atomic E-state index is 0.204. The first-order chi connectivity index (χ1) is 6.38. The summed E-state index contributed by atoms with van der Waals surface area (Å²) in [4.78, 5) is 11.6. The first kappa shape index (κ1) is 8.30. The maximum absolute atomic E-state index is 11.6. The van der Waals surface area contributed by atoms with Crippen molar-refractivity contribution < 1.29 is 9.53 Å². The van der Waals surface area contributed by atoms with Crippen molar-refractivity contribution >= 4 is 5.78 Å². The highest BCUT2D eigenvalue weighted by molar-refractivity contribution is 5.98. The van der Waals surface area contributed by atoms with E-state index in [1.807, 2.05) is 24.3 Å². The molecule has 0 aliphatic carbocycles. The number of para-hydroxylation sites is 1. The molecule has 0 atom stereocenters. The Morgan fingerprint density at radius 1 is 1.15 bits per heavy atom. The summed E-state index contributed by atoms with van der Waals surface area (Å²) in [6.07, 6.45) is 2.56. The lowest BCUT2D eigenvalue weighted by Gasteiger charge is -2.13. The number of Topliss-reactive ketones (excluding diaryl/α,β-unsaturated/α-hetero) is 1. The summed E-state index contributed by atoms with van der Waals surface area (Å²) in [5, 5.41) is 0. The zero-order valence-electron chi connectivity index (χ0n) is 7.45. The first-order valence-electron chi connectivity index (χ1n) is 4.63. The molecule has 0 unspecified atom stereocenters. The second kappa shape index (κ2) is 3.60. The highest BCUT2D eigenvalue weighted by Gasteiger charge is 2.13. The van der Waals surface area contributed by atoms with Crippen LogP contribution in [-0.2, 0) is 0 Å². The predicted octanol–water partition coefficient (Wildman–Crippen LogP) is 2.43. The van der Waals surface area contributed by atoms with E-state index in [9.17, 15) is 4.79 Å². The van der Waals surface area contributed by atoms with Crippen LogP contribution < -0.4 is 4.74 Å². The van der Waals surface area contributed by atoms with Gasteiger partial charge in [0.15, 0.2) is 5.78 Å². The zero-order chi connectivity index (χ0) is 9.10. The van der Waals surface area contributed by atoms with Crippen molar-refractivity contribution in [3.8, 4) is 5.75 Å². The van der Waals surface area contributed by atoms with Gasteiger partial charge in [0, 0.05) is 6.42 Å². The molecule has 0 N–H and O–H groups in total.